The molecule has 0 aromatic heterocycles. The van der Waals surface area contributed by atoms with Gasteiger partial charge in [0.2, 0.25) is 0 Å². The monoisotopic (exact) mass is 297 g/mol. The van der Waals surface area contributed by atoms with Gasteiger partial charge in [0, 0.05) is 17.8 Å². The molecule has 0 saturated heterocycles. The van der Waals surface area contributed by atoms with Crippen molar-refractivity contribution >= 4 is 5.69 Å². The minimum atomic E-state index is -0.339. The van der Waals surface area contributed by atoms with E-state index in [2.05, 4.69) is 53.4 Å². The maximum atomic E-state index is 5.87. The van der Waals surface area contributed by atoms with E-state index in [4.69, 9.17) is 9.78 Å². The van der Waals surface area contributed by atoms with Gasteiger partial charge in [0.25, 0.3) is 0 Å². The van der Waals surface area contributed by atoms with Crippen molar-refractivity contribution in [3.05, 3.63) is 65.7 Å². The number of fused-ring (bicyclic) bond motifs is 1. The normalized spacial score (nSPS) is 18.1. The fourth-order valence-electron chi connectivity index (χ4n) is 2.71. The van der Waals surface area contributed by atoms with Crippen molar-refractivity contribution in [2.24, 2.45) is 0 Å². The van der Waals surface area contributed by atoms with E-state index in [9.17, 15) is 0 Å². The number of anilines is 1. The first-order valence-electron chi connectivity index (χ1n) is 7.78. The summed E-state index contributed by atoms with van der Waals surface area (Å²) in [6, 6.07) is 18.8. The van der Waals surface area contributed by atoms with E-state index < -0.39 is 0 Å². The van der Waals surface area contributed by atoms with E-state index in [-0.39, 0.29) is 11.8 Å². The second kappa shape index (κ2) is 6.11. The van der Waals surface area contributed by atoms with Crippen LogP contribution in [0.15, 0.2) is 54.6 Å². The maximum Gasteiger partial charge on any atom is 0.191 e. The van der Waals surface area contributed by atoms with Gasteiger partial charge >= 0.3 is 0 Å². The first-order chi connectivity index (χ1) is 10.5. The molecule has 3 rings (SSSR count). The Bertz CT molecular complexity index is 619. The summed E-state index contributed by atoms with van der Waals surface area (Å²) in [4.78, 5) is 13.8. The Kier molecular flexibility index (Phi) is 4.19. The molecule has 0 saturated carbocycles. The standard InChI is InChI=1S/C19H23NO2/c1-19(2,3)22-21-18-17-12-8-7-9-15(17)13-14-20(18)16-10-5-4-6-11-16/h4-12,18H,13-14H2,1-3H3. The molecular formula is C19H23NO2. The lowest BCUT2D eigenvalue weighted by molar-refractivity contribution is -0.376. The van der Waals surface area contributed by atoms with Gasteiger partial charge in [0.15, 0.2) is 6.23 Å². The fourth-order valence-corrected chi connectivity index (χ4v) is 2.71. The van der Waals surface area contributed by atoms with Crippen LogP contribution in [0.2, 0.25) is 0 Å². The minimum Gasteiger partial charge on any atom is -0.340 e. The van der Waals surface area contributed by atoms with Gasteiger partial charge in [-0.2, -0.15) is 0 Å². The summed E-state index contributed by atoms with van der Waals surface area (Å²) in [7, 11) is 0. The average molecular weight is 297 g/mol. The van der Waals surface area contributed by atoms with Crippen LogP contribution >= 0.6 is 0 Å². The smallest absolute Gasteiger partial charge is 0.191 e. The Morgan fingerprint density at radius 3 is 2.36 bits per heavy atom. The lowest BCUT2D eigenvalue weighted by atomic mass is 9.98. The number of rotatable bonds is 3. The summed E-state index contributed by atoms with van der Waals surface area (Å²) in [6.07, 6.45) is 0.798. The molecule has 0 bridgehead atoms. The van der Waals surface area contributed by atoms with Gasteiger partial charge in [-0.25, -0.2) is 9.78 Å². The average Bonchev–Trinajstić information content (AvgIpc) is 2.52. The molecule has 2 aromatic carbocycles. The van der Waals surface area contributed by atoms with Gasteiger partial charge in [-0.15, -0.1) is 0 Å². The van der Waals surface area contributed by atoms with Crippen LogP contribution in [0.5, 0.6) is 0 Å². The molecule has 0 N–H and O–H groups in total. The largest absolute Gasteiger partial charge is 0.340 e. The predicted octanol–water partition coefficient (Wildman–Crippen LogP) is 4.49. The van der Waals surface area contributed by atoms with Gasteiger partial charge in [-0.1, -0.05) is 42.5 Å². The van der Waals surface area contributed by atoms with E-state index in [0.29, 0.717) is 0 Å². The SMILES string of the molecule is CC(C)(C)OOC1c2ccccc2CCN1c1ccccc1. The van der Waals surface area contributed by atoms with Crippen LogP contribution < -0.4 is 4.90 Å². The minimum absolute atomic E-state index is 0.216. The van der Waals surface area contributed by atoms with E-state index in [1.54, 1.807) is 0 Å². The Balaban J connectivity index is 1.93. The first kappa shape index (κ1) is 15.1. The second-order valence-electron chi connectivity index (χ2n) is 6.62. The summed E-state index contributed by atoms with van der Waals surface area (Å²) in [5.74, 6) is 0. The molecule has 1 unspecified atom stereocenters. The summed E-state index contributed by atoms with van der Waals surface area (Å²) in [5, 5.41) is 0. The molecule has 1 aliphatic rings. The van der Waals surface area contributed by atoms with Crippen LogP contribution in [0.3, 0.4) is 0 Å². The number of nitrogens with zero attached hydrogens (tertiary/aromatic N) is 1. The van der Waals surface area contributed by atoms with Crippen LogP contribution in [-0.2, 0) is 16.2 Å². The molecule has 0 spiro atoms. The molecule has 0 fully saturated rings. The highest BCUT2D eigenvalue weighted by molar-refractivity contribution is 5.51. The van der Waals surface area contributed by atoms with Crippen LogP contribution in [0, 0.1) is 0 Å². The van der Waals surface area contributed by atoms with E-state index in [1.807, 2.05) is 26.8 Å². The molecule has 1 aliphatic heterocycles. The highest BCUT2D eigenvalue weighted by Crippen LogP contribution is 2.35. The second-order valence-corrected chi connectivity index (χ2v) is 6.62. The Morgan fingerprint density at radius 2 is 1.64 bits per heavy atom. The topological polar surface area (TPSA) is 21.7 Å². The number of para-hydroxylation sites is 1. The molecule has 0 radical (unpaired) electrons. The van der Waals surface area contributed by atoms with E-state index >= 15 is 0 Å². The molecule has 0 aliphatic carbocycles. The molecule has 22 heavy (non-hydrogen) atoms. The number of benzene rings is 2. The van der Waals surface area contributed by atoms with Crippen molar-refractivity contribution in [3.8, 4) is 0 Å². The highest BCUT2D eigenvalue weighted by atomic mass is 17.2. The molecule has 3 heteroatoms. The van der Waals surface area contributed by atoms with Crippen LogP contribution in [-0.4, -0.2) is 12.1 Å². The molecular weight excluding hydrogens is 274 g/mol. The Labute approximate surface area is 132 Å². The molecule has 116 valence electrons. The third-order valence-electron chi connectivity index (χ3n) is 3.70. The predicted molar refractivity (Wildman–Crippen MR) is 88.6 cm³/mol. The summed E-state index contributed by atoms with van der Waals surface area (Å²) >= 11 is 0. The number of hydrogen-bond donors (Lipinski definition) is 0. The van der Waals surface area contributed by atoms with Crippen molar-refractivity contribution in [2.75, 3.05) is 11.4 Å². The molecule has 2 aromatic rings. The molecule has 0 amide bonds. The van der Waals surface area contributed by atoms with Gasteiger partial charge < -0.3 is 4.90 Å². The highest BCUT2D eigenvalue weighted by Gasteiger charge is 2.30. The molecule has 3 nitrogen and oxygen atoms in total. The van der Waals surface area contributed by atoms with Crippen LogP contribution in [0.4, 0.5) is 5.69 Å². The number of hydrogen-bond acceptors (Lipinski definition) is 3. The maximum absolute atomic E-state index is 5.87. The van der Waals surface area contributed by atoms with E-state index in [1.165, 1.54) is 11.1 Å². The zero-order valence-electron chi connectivity index (χ0n) is 13.5. The van der Waals surface area contributed by atoms with Crippen molar-refractivity contribution < 1.29 is 9.78 Å². The Morgan fingerprint density at radius 1 is 0.955 bits per heavy atom. The van der Waals surface area contributed by atoms with Crippen molar-refractivity contribution in [3.63, 3.8) is 0 Å². The summed E-state index contributed by atoms with van der Waals surface area (Å²) in [6.45, 7) is 6.90. The van der Waals surface area contributed by atoms with E-state index in [0.717, 1.165) is 18.7 Å². The third kappa shape index (κ3) is 3.32. The Hall–Kier alpha value is -1.84. The van der Waals surface area contributed by atoms with Crippen molar-refractivity contribution in [2.45, 2.75) is 39.0 Å². The zero-order chi connectivity index (χ0) is 15.6. The lowest BCUT2D eigenvalue weighted by Gasteiger charge is -2.38. The summed E-state index contributed by atoms with van der Waals surface area (Å²) < 4.78 is 0. The lowest BCUT2D eigenvalue weighted by Crippen LogP contribution is -2.38. The fraction of sp³-hybridized carbons (Fsp3) is 0.368. The molecule has 1 heterocycles. The van der Waals surface area contributed by atoms with Crippen LogP contribution in [0.1, 0.15) is 38.1 Å². The quantitative estimate of drug-likeness (QED) is 0.615. The zero-order valence-corrected chi connectivity index (χ0v) is 13.5. The van der Waals surface area contributed by atoms with Crippen molar-refractivity contribution in [1.29, 1.82) is 0 Å². The van der Waals surface area contributed by atoms with Gasteiger partial charge in [0.1, 0.15) is 0 Å². The van der Waals surface area contributed by atoms with Gasteiger partial charge in [-0.05, 0) is 44.9 Å². The molecule has 1 atom stereocenters. The summed E-state index contributed by atoms with van der Waals surface area (Å²) in [5.41, 5.74) is 3.33. The third-order valence-corrected chi connectivity index (χ3v) is 3.70. The van der Waals surface area contributed by atoms with Gasteiger partial charge in [-0.3, -0.25) is 0 Å². The van der Waals surface area contributed by atoms with Crippen molar-refractivity contribution in [1.82, 2.24) is 0 Å². The van der Waals surface area contributed by atoms with Crippen LogP contribution in [0.25, 0.3) is 0 Å². The first-order valence-corrected chi connectivity index (χ1v) is 7.78. The van der Waals surface area contributed by atoms with Gasteiger partial charge in [0.05, 0.1) is 5.60 Å².